The molecule has 0 spiro atoms. The first-order chi connectivity index (χ1) is 7.95. The fourth-order valence-corrected chi connectivity index (χ4v) is 1.11. The van der Waals surface area contributed by atoms with Crippen molar-refractivity contribution in [3.8, 4) is 11.5 Å². The van der Waals surface area contributed by atoms with E-state index in [0.29, 0.717) is 5.75 Å². The van der Waals surface area contributed by atoms with E-state index in [-0.39, 0.29) is 11.4 Å². The highest BCUT2D eigenvalue weighted by Gasteiger charge is 2.21. The second-order valence-corrected chi connectivity index (χ2v) is 3.19. The average molecular weight is 241 g/mol. The quantitative estimate of drug-likeness (QED) is 0.618. The normalized spacial score (nSPS) is 11.6. The van der Waals surface area contributed by atoms with Crippen LogP contribution in [0.15, 0.2) is 18.2 Å². The molecule has 0 saturated heterocycles. The van der Waals surface area contributed by atoms with Gasteiger partial charge in [-0.15, -0.1) is 0 Å². The third-order valence-electron chi connectivity index (χ3n) is 2.01. The van der Waals surface area contributed by atoms with Crippen LogP contribution in [0.2, 0.25) is 0 Å². The summed E-state index contributed by atoms with van der Waals surface area (Å²) in [4.78, 5) is 20.7. The Morgan fingerprint density at radius 3 is 2.65 bits per heavy atom. The van der Waals surface area contributed by atoms with E-state index in [1.165, 1.54) is 32.2 Å². The molecule has 0 bridgehead atoms. The Bertz CT molecular complexity index is 444. The number of aliphatic carboxylic acids is 1. The first-order valence-electron chi connectivity index (χ1n) is 4.67. The number of nitro benzene ring substituents is 1. The van der Waals surface area contributed by atoms with E-state index < -0.39 is 17.0 Å². The monoisotopic (exact) mass is 241 g/mol. The lowest BCUT2D eigenvalue weighted by Crippen LogP contribution is -2.23. The summed E-state index contributed by atoms with van der Waals surface area (Å²) in [6.45, 7) is 1.29. The van der Waals surface area contributed by atoms with Crippen LogP contribution in [0.25, 0.3) is 0 Å². The molecular formula is C10H11NO6. The van der Waals surface area contributed by atoms with Crippen molar-refractivity contribution < 1.29 is 24.3 Å². The summed E-state index contributed by atoms with van der Waals surface area (Å²) in [5.41, 5.74) is -0.336. The van der Waals surface area contributed by atoms with Gasteiger partial charge in [0.15, 0.2) is 11.9 Å². The summed E-state index contributed by atoms with van der Waals surface area (Å²) in [6, 6.07) is 3.93. The zero-order valence-corrected chi connectivity index (χ0v) is 9.25. The molecule has 1 aromatic carbocycles. The van der Waals surface area contributed by atoms with E-state index in [4.69, 9.17) is 14.6 Å². The van der Waals surface area contributed by atoms with Gasteiger partial charge in [-0.1, -0.05) is 0 Å². The molecule has 17 heavy (non-hydrogen) atoms. The lowest BCUT2D eigenvalue weighted by molar-refractivity contribution is -0.386. The summed E-state index contributed by atoms with van der Waals surface area (Å²) in [6.07, 6.45) is -1.16. The number of carbonyl (C=O) groups is 1. The maximum absolute atomic E-state index is 10.8. The molecule has 0 heterocycles. The first-order valence-corrected chi connectivity index (χ1v) is 4.67. The van der Waals surface area contributed by atoms with Gasteiger partial charge < -0.3 is 14.6 Å². The van der Waals surface area contributed by atoms with Gasteiger partial charge in [0.25, 0.3) is 0 Å². The van der Waals surface area contributed by atoms with E-state index in [0.717, 1.165) is 0 Å². The van der Waals surface area contributed by atoms with Gasteiger partial charge in [-0.3, -0.25) is 10.1 Å². The highest BCUT2D eigenvalue weighted by molar-refractivity contribution is 5.72. The van der Waals surface area contributed by atoms with Crippen molar-refractivity contribution in [3.05, 3.63) is 28.3 Å². The zero-order chi connectivity index (χ0) is 13.0. The number of hydrogen-bond donors (Lipinski definition) is 1. The molecular weight excluding hydrogens is 230 g/mol. The van der Waals surface area contributed by atoms with Crippen LogP contribution in [-0.2, 0) is 4.79 Å². The minimum atomic E-state index is -1.20. The van der Waals surface area contributed by atoms with Gasteiger partial charge in [0.1, 0.15) is 5.75 Å². The fourth-order valence-electron chi connectivity index (χ4n) is 1.11. The van der Waals surface area contributed by atoms with Gasteiger partial charge in [0, 0.05) is 0 Å². The molecule has 1 unspecified atom stereocenters. The largest absolute Gasteiger partial charge is 0.496 e. The molecule has 1 N–H and O–H groups in total. The van der Waals surface area contributed by atoms with Gasteiger partial charge >= 0.3 is 11.7 Å². The van der Waals surface area contributed by atoms with Crippen molar-refractivity contribution in [2.75, 3.05) is 7.11 Å². The molecule has 0 aliphatic heterocycles. The van der Waals surface area contributed by atoms with E-state index in [1.54, 1.807) is 0 Å². The highest BCUT2D eigenvalue weighted by atomic mass is 16.6. The fraction of sp³-hybridized carbons (Fsp3) is 0.300. The molecule has 0 aliphatic carbocycles. The van der Waals surface area contributed by atoms with Crippen LogP contribution in [0.4, 0.5) is 5.69 Å². The van der Waals surface area contributed by atoms with Crippen molar-refractivity contribution in [2.24, 2.45) is 0 Å². The number of rotatable bonds is 5. The van der Waals surface area contributed by atoms with Crippen LogP contribution < -0.4 is 9.47 Å². The Morgan fingerprint density at radius 2 is 2.18 bits per heavy atom. The number of carboxylic acids is 1. The molecule has 1 aromatic rings. The minimum Gasteiger partial charge on any atom is -0.496 e. The number of nitro groups is 1. The lowest BCUT2D eigenvalue weighted by atomic mass is 10.2. The van der Waals surface area contributed by atoms with Crippen LogP contribution in [0.3, 0.4) is 0 Å². The zero-order valence-electron chi connectivity index (χ0n) is 9.25. The number of carboxylic acid groups (broad SMARTS) is 1. The molecule has 1 rings (SSSR count). The highest BCUT2D eigenvalue weighted by Crippen LogP contribution is 2.31. The van der Waals surface area contributed by atoms with Gasteiger partial charge in [0.05, 0.1) is 18.1 Å². The van der Waals surface area contributed by atoms with E-state index in [2.05, 4.69) is 0 Å². The smallest absolute Gasteiger partial charge is 0.344 e. The van der Waals surface area contributed by atoms with Crippen molar-refractivity contribution >= 4 is 11.7 Å². The predicted molar refractivity (Wildman–Crippen MR) is 57.4 cm³/mol. The molecule has 0 radical (unpaired) electrons. The van der Waals surface area contributed by atoms with Crippen LogP contribution in [-0.4, -0.2) is 29.2 Å². The summed E-state index contributed by atoms with van der Waals surface area (Å²) < 4.78 is 9.81. The van der Waals surface area contributed by atoms with Crippen molar-refractivity contribution in [1.29, 1.82) is 0 Å². The first kappa shape index (κ1) is 12.8. The lowest BCUT2D eigenvalue weighted by Gasteiger charge is -2.10. The van der Waals surface area contributed by atoms with Crippen LogP contribution in [0.1, 0.15) is 6.92 Å². The van der Waals surface area contributed by atoms with Crippen molar-refractivity contribution in [3.63, 3.8) is 0 Å². The van der Waals surface area contributed by atoms with Crippen molar-refractivity contribution in [2.45, 2.75) is 13.0 Å². The molecule has 7 heteroatoms. The van der Waals surface area contributed by atoms with Crippen molar-refractivity contribution in [1.82, 2.24) is 0 Å². The standard InChI is InChI=1S/C10H11NO6/c1-6(10(12)13)17-9-4-3-7(16-2)5-8(9)11(14)15/h3-6H,1-2H3,(H,12,13). The van der Waals surface area contributed by atoms with E-state index >= 15 is 0 Å². The van der Waals surface area contributed by atoms with Crippen LogP contribution in [0.5, 0.6) is 11.5 Å². The maximum atomic E-state index is 10.8. The maximum Gasteiger partial charge on any atom is 0.344 e. The second-order valence-electron chi connectivity index (χ2n) is 3.19. The third kappa shape index (κ3) is 3.07. The molecule has 1 atom stereocenters. The summed E-state index contributed by atoms with van der Waals surface area (Å²) in [5.74, 6) is -1.01. The minimum absolute atomic E-state index is 0.106. The van der Waals surface area contributed by atoms with Gasteiger partial charge in [0.2, 0.25) is 0 Å². The summed E-state index contributed by atoms with van der Waals surface area (Å²) >= 11 is 0. The van der Waals surface area contributed by atoms with E-state index in [9.17, 15) is 14.9 Å². The number of hydrogen-bond acceptors (Lipinski definition) is 5. The van der Waals surface area contributed by atoms with Crippen LogP contribution >= 0.6 is 0 Å². The molecule has 0 aromatic heterocycles. The number of nitrogens with zero attached hydrogens (tertiary/aromatic N) is 1. The third-order valence-corrected chi connectivity index (χ3v) is 2.01. The predicted octanol–water partition coefficient (Wildman–Crippen LogP) is 1.46. The average Bonchev–Trinajstić information content (AvgIpc) is 2.29. The van der Waals surface area contributed by atoms with Gasteiger partial charge in [-0.25, -0.2) is 4.79 Å². The Hall–Kier alpha value is -2.31. The van der Waals surface area contributed by atoms with Gasteiger partial charge in [-0.05, 0) is 19.1 Å². The molecule has 0 fully saturated rings. The summed E-state index contributed by atoms with van der Waals surface area (Å²) in [7, 11) is 1.37. The van der Waals surface area contributed by atoms with E-state index in [1.807, 2.05) is 0 Å². The molecule has 0 saturated carbocycles. The number of benzene rings is 1. The second kappa shape index (κ2) is 5.15. The Kier molecular flexibility index (Phi) is 3.86. The Labute approximate surface area is 96.7 Å². The topological polar surface area (TPSA) is 98.9 Å². The summed E-state index contributed by atoms with van der Waals surface area (Å²) in [5, 5.41) is 19.4. The molecule has 0 aliphatic rings. The Balaban J connectivity index is 3.06. The number of methoxy groups -OCH3 is 1. The van der Waals surface area contributed by atoms with Gasteiger partial charge in [-0.2, -0.15) is 0 Å². The molecule has 7 nitrogen and oxygen atoms in total. The molecule has 92 valence electrons. The molecule has 0 amide bonds. The van der Waals surface area contributed by atoms with Crippen LogP contribution in [0, 0.1) is 10.1 Å². The number of ether oxygens (including phenoxy) is 2. The Morgan fingerprint density at radius 1 is 1.53 bits per heavy atom. The SMILES string of the molecule is COc1ccc(OC(C)C(=O)O)c([N+](=O)[O-])c1.